The lowest BCUT2D eigenvalue weighted by Crippen LogP contribution is -2.36. The Morgan fingerprint density at radius 3 is 2.57 bits per heavy atom. The Morgan fingerprint density at radius 1 is 1.00 bits per heavy atom. The maximum Gasteiger partial charge on any atom is 0.319 e. The molecule has 3 aromatic rings. The topological polar surface area (TPSA) is 98.5 Å². The van der Waals surface area contributed by atoms with E-state index in [0.717, 1.165) is 0 Å². The first-order valence-corrected chi connectivity index (χ1v) is 11.4. The molecule has 2 aromatic carbocycles. The van der Waals surface area contributed by atoms with Crippen molar-refractivity contribution in [1.29, 1.82) is 0 Å². The summed E-state index contributed by atoms with van der Waals surface area (Å²) in [5, 5.41) is 0. The molecule has 0 N–H and O–H groups in total. The van der Waals surface area contributed by atoms with Gasteiger partial charge in [0.25, 0.3) is 5.91 Å². The third-order valence-electron chi connectivity index (χ3n) is 5.93. The molecular formula is C26H24N2O7. The third kappa shape index (κ3) is 4.84. The molecule has 5 rings (SSSR count). The van der Waals surface area contributed by atoms with E-state index in [0.29, 0.717) is 54.8 Å². The summed E-state index contributed by atoms with van der Waals surface area (Å²) in [6.45, 7) is 0.981. The summed E-state index contributed by atoms with van der Waals surface area (Å²) < 4.78 is 21.8. The number of para-hydroxylation sites is 1. The van der Waals surface area contributed by atoms with Gasteiger partial charge in [0.15, 0.2) is 18.1 Å². The van der Waals surface area contributed by atoms with Crippen molar-refractivity contribution in [3.63, 3.8) is 0 Å². The van der Waals surface area contributed by atoms with Crippen molar-refractivity contribution in [1.82, 2.24) is 0 Å². The minimum absolute atomic E-state index is 0.188. The second-order valence-corrected chi connectivity index (χ2v) is 8.16. The molecule has 0 bridgehead atoms. The Kier molecular flexibility index (Phi) is 6.38. The van der Waals surface area contributed by atoms with Gasteiger partial charge in [0.05, 0.1) is 12.8 Å². The van der Waals surface area contributed by atoms with Crippen LogP contribution in [0.5, 0.6) is 11.5 Å². The summed E-state index contributed by atoms with van der Waals surface area (Å²) in [6.07, 6.45) is 1.83. The molecular weight excluding hydrogens is 452 g/mol. The average molecular weight is 476 g/mol. The molecule has 0 aliphatic carbocycles. The minimum atomic E-state index is -0.966. The van der Waals surface area contributed by atoms with Crippen LogP contribution < -0.4 is 19.3 Å². The van der Waals surface area contributed by atoms with Crippen LogP contribution in [0.15, 0.2) is 71.3 Å². The number of ether oxygens (including phenoxy) is 3. The molecule has 2 amide bonds. The SMILES string of the molecule is O=C(OCC(=O)N(Cc1ccco1)c1ccccc1)C1CCN(c2ccc3c(c2)OCCO3)C1=O. The van der Waals surface area contributed by atoms with Gasteiger partial charge in [-0.2, -0.15) is 0 Å². The van der Waals surface area contributed by atoms with E-state index in [-0.39, 0.29) is 12.5 Å². The normalized spacial score (nSPS) is 16.7. The predicted molar refractivity (Wildman–Crippen MR) is 125 cm³/mol. The lowest BCUT2D eigenvalue weighted by molar-refractivity contribution is -0.154. The highest BCUT2D eigenvalue weighted by Crippen LogP contribution is 2.36. The number of furan rings is 1. The molecule has 1 saturated heterocycles. The zero-order valence-electron chi connectivity index (χ0n) is 18.9. The number of nitrogens with zero attached hydrogens (tertiary/aromatic N) is 2. The highest BCUT2D eigenvalue weighted by Gasteiger charge is 2.39. The van der Waals surface area contributed by atoms with Crippen molar-refractivity contribution in [2.24, 2.45) is 5.92 Å². The van der Waals surface area contributed by atoms with Crippen LogP contribution in [0, 0.1) is 5.92 Å². The molecule has 9 heteroatoms. The Morgan fingerprint density at radius 2 is 1.80 bits per heavy atom. The summed E-state index contributed by atoms with van der Waals surface area (Å²) in [6, 6.07) is 17.8. The standard InChI is InChI=1S/C26H24N2O7/c29-24(28(16-20-7-4-12-32-20)18-5-2-1-3-6-18)17-35-26(31)21-10-11-27(25(21)30)19-8-9-22-23(15-19)34-14-13-33-22/h1-9,12,15,21H,10-11,13-14,16-17H2. The fourth-order valence-corrected chi connectivity index (χ4v) is 4.16. The third-order valence-corrected chi connectivity index (χ3v) is 5.93. The molecule has 1 fully saturated rings. The highest BCUT2D eigenvalue weighted by molar-refractivity contribution is 6.08. The smallest absolute Gasteiger partial charge is 0.319 e. The van der Waals surface area contributed by atoms with Gasteiger partial charge in [-0.1, -0.05) is 18.2 Å². The molecule has 1 atom stereocenters. The van der Waals surface area contributed by atoms with Crippen molar-refractivity contribution >= 4 is 29.2 Å². The Hall–Kier alpha value is -4.27. The number of carbonyl (C=O) groups excluding carboxylic acids is 3. The van der Waals surface area contributed by atoms with Crippen LogP contribution >= 0.6 is 0 Å². The Labute approximate surface area is 201 Å². The number of carbonyl (C=O) groups is 3. The van der Waals surface area contributed by atoms with Crippen LogP contribution in [0.3, 0.4) is 0 Å². The van der Waals surface area contributed by atoms with Crippen LogP contribution in [0.4, 0.5) is 11.4 Å². The average Bonchev–Trinajstić information content (AvgIpc) is 3.55. The van der Waals surface area contributed by atoms with Crippen LogP contribution in [0.1, 0.15) is 12.2 Å². The Balaban J connectivity index is 1.22. The van der Waals surface area contributed by atoms with E-state index >= 15 is 0 Å². The molecule has 2 aliphatic heterocycles. The van der Waals surface area contributed by atoms with Gasteiger partial charge in [0.2, 0.25) is 5.91 Å². The van der Waals surface area contributed by atoms with E-state index in [1.165, 1.54) is 16.1 Å². The van der Waals surface area contributed by atoms with Crippen molar-refractivity contribution in [2.75, 3.05) is 36.2 Å². The van der Waals surface area contributed by atoms with E-state index < -0.39 is 24.4 Å². The lowest BCUT2D eigenvalue weighted by atomic mass is 10.1. The van der Waals surface area contributed by atoms with E-state index in [9.17, 15) is 14.4 Å². The molecule has 0 radical (unpaired) electrons. The predicted octanol–water partition coefficient (Wildman–Crippen LogP) is 3.18. The fraction of sp³-hybridized carbons (Fsp3) is 0.269. The number of anilines is 2. The summed E-state index contributed by atoms with van der Waals surface area (Å²) in [7, 11) is 0. The van der Waals surface area contributed by atoms with Crippen molar-refractivity contribution in [3.8, 4) is 11.5 Å². The fourth-order valence-electron chi connectivity index (χ4n) is 4.16. The maximum absolute atomic E-state index is 13.0. The molecule has 180 valence electrons. The van der Waals surface area contributed by atoms with Crippen LogP contribution in [-0.4, -0.2) is 44.1 Å². The molecule has 2 aliphatic rings. The molecule has 0 spiro atoms. The summed E-state index contributed by atoms with van der Waals surface area (Å²) in [5.74, 6) is -0.686. The van der Waals surface area contributed by atoms with Gasteiger partial charge in [0, 0.05) is 24.0 Å². The van der Waals surface area contributed by atoms with E-state index in [1.807, 2.05) is 18.2 Å². The van der Waals surface area contributed by atoms with E-state index in [1.54, 1.807) is 42.5 Å². The van der Waals surface area contributed by atoms with Gasteiger partial charge in [0.1, 0.15) is 24.9 Å². The molecule has 1 aromatic heterocycles. The van der Waals surface area contributed by atoms with Crippen molar-refractivity contribution < 1.29 is 33.0 Å². The molecule has 35 heavy (non-hydrogen) atoms. The van der Waals surface area contributed by atoms with Crippen LogP contribution in [0.2, 0.25) is 0 Å². The first-order chi connectivity index (χ1) is 17.1. The van der Waals surface area contributed by atoms with E-state index in [4.69, 9.17) is 18.6 Å². The van der Waals surface area contributed by atoms with Crippen LogP contribution in [-0.2, 0) is 25.7 Å². The first kappa shape index (κ1) is 22.5. The number of fused-ring (bicyclic) bond motifs is 1. The van der Waals surface area contributed by atoms with Crippen molar-refractivity contribution in [3.05, 3.63) is 72.7 Å². The summed E-state index contributed by atoms with van der Waals surface area (Å²) in [5.41, 5.74) is 1.27. The second-order valence-electron chi connectivity index (χ2n) is 8.16. The second kappa shape index (κ2) is 9.92. The number of benzene rings is 2. The number of esters is 1. The van der Waals surface area contributed by atoms with Gasteiger partial charge in [-0.15, -0.1) is 0 Å². The zero-order chi connectivity index (χ0) is 24.2. The van der Waals surface area contributed by atoms with Gasteiger partial charge < -0.3 is 28.4 Å². The zero-order valence-corrected chi connectivity index (χ0v) is 18.9. The molecule has 1 unspecified atom stereocenters. The quantitative estimate of drug-likeness (QED) is 0.382. The van der Waals surface area contributed by atoms with Gasteiger partial charge in [-0.3, -0.25) is 14.4 Å². The summed E-state index contributed by atoms with van der Waals surface area (Å²) in [4.78, 5) is 41.7. The van der Waals surface area contributed by atoms with Gasteiger partial charge >= 0.3 is 5.97 Å². The monoisotopic (exact) mass is 476 g/mol. The van der Waals surface area contributed by atoms with Crippen molar-refractivity contribution in [2.45, 2.75) is 13.0 Å². The maximum atomic E-state index is 13.0. The minimum Gasteiger partial charge on any atom is -0.486 e. The number of amides is 2. The molecule has 9 nitrogen and oxygen atoms in total. The first-order valence-electron chi connectivity index (χ1n) is 11.4. The van der Waals surface area contributed by atoms with Gasteiger partial charge in [-0.05, 0) is 42.8 Å². The number of hydrogen-bond acceptors (Lipinski definition) is 7. The van der Waals surface area contributed by atoms with E-state index in [2.05, 4.69) is 0 Å². The summed E-state index contributed by atoms with van der Waals surface area (Å²) >= 11 is 0. The van der Waals surface area contributed by atoms with Gasteiger partial charge in [-0.25, -0.2) is 0 Å². The van der Waals surface area contributed by atoms with Crippen LogP contribution in [0.25, 0.3) is 0 Å². The number of rotatable bonds is 7. The largest absolute Gasteiger partial charge is 0.486 e. The molecule has 0 saturated carbocycles. The lowest BCUT2D eigenvalue weighted by Gasteiger charge is -2.22. The Bertz CT molecular complexity index is 1210. The number of hydrogen-bond donors (Lipinski definition) is 0. The molecule has 3 heterocycles. The highest BCUT2D eigenvalue weighted by atomic mass is 16.6.